The summed E-state index contributed by atoms with van der Waals surface area (Å²) in [7, 11) is 0. The summed E-state index contributed by atoms with van der Waals surface area (Å²) in [5, 5.41) is 0. The second kappa shape index (κ2) is 5.32. The van der Waals surface area contributed by atoms with E-state index in [-0.39, 0.29) is 18.0 Å². The standard InChI is InChI=1S/C17H24N4O2/c1-16(2,19)10-20-8-7-17(11-20)12-5-3-4-6-13(12)21(15(17)23)9-14(18)22/h3-6H,7-11,19H2,1-2H3,(H2,18,22). The lowest BCUT2D eigenvalue weighted by Crippen LogP contribution is -2.48. The molecule has 2 heterocycles. The molecule has 1 aromatic rings. The number of hydrogen-bond donors (Lipinski definition) is 2. The van der Waals surface area contributed by atoms with Crippen LogP contribution in [0.1, 0.15) is 25.8 Å². The maximum atomic E-state index is 13.1. The Bertz CT molecular complexity index is 652. The summed E-state index contributed by atoms with van der Waals surface area (Å²) < 4.78 is 0. The monoisotopic (exact) mass is 316 g/mol. The predicted molar refractivity (Wildman–Crippen MR) is 89.0 cm³/mol. The summed E-state index contributed by atoms with van der Waals surface area (Å²) in [6, 6.07) is 7.71. The van der Waals surface area contributed by atoms with Gasteiger partial charge >= 0.3 is 0 Å². The van der Waals surface area contributed by atoms with Gasteiger partial charge in [-0.1, -0.05) is 18.2 Å². The number of likely N-dealkylation sites (tertiary alicyclic amines) is 1. The highest BCUT2D eigenvalue weighted by atomic mass is 16.2. The van der Waals surface area contributed by atoms with E-state index in [9.17, 15) is 9.59 Å². The van der Waals surface area contributed by atoms with Crippen LogP contribution in [0, 0.1) is 0 Å². The largest absolute Gasteiger partial charge is 0.368 e. The topological polar surface area (TPSA) is 92.7 Å². The van der Waals surface area contributed by atoms with Crippen molar-refractivity contribution in [1.29, 1.82) is 0 Å². The second-order valence-corrected chi connectivity index (χ2v) is 7.41. The fourth-order valence-electron chi connectivity index (χ4n) is 3.90. The minimum atomic E-state index is -0.572. The summed E-state index contributed by atoms with van der Waals surface area (Å²) in [5.74, 6) is -0.516. The van der Waals surface area contributed by atoms with E-state index >= 15 is 0 Å². The third kappa shape index (κ3) is 2.72. The van der Waals surface area contributed by atoms with Crippen molar-refractivity contribution in [3.63, 3.8) is 0 Å². The lowest BCUT2D eigenvalue weighted by Gasteiger charge is -2.28. The van der Waals surface area contributed by atoms with Gasteiger partial charge < -0.3 is 21.3 Å². The van der Waals surface area contributed by atoms with Gasteiger partial charge in [0.15, 0.2) is 0 Å². The van der Waals surface area contributed by atoms with E-state index in [0.717, 1.165) is 30.8 Å². The Labute approximate surface area is 136 Å². The summed E-state index contributed by atoms with van der Waals surface area (Å²) in [5.41, 5.74) is 12.4. The van der Waals surface area contributed by atoms with Crippen LogP contribution in [0.25, 0.3) is 0 Å². The molecule has 4 N–H and O–H groups in total. The minimum absolute atomic E-state index is 0.0187. The number of rotatable bonds is 4. The van der Waals surface area contributed by atoms with Crippen LogP contribution in [0.3, 0.4) is 0 Å². The summed E-state index contributed by atoms with van der Waals surface area (Å²) in [4.78, 5) is 28.2. The number of benzene rings is 1. The molecule has 6 heteroatoms. The molecule has 0 radical (unpaired) electrons. The number of primary amides is 1. The molecule has 0 aliphatic carbocycles. The molecule has 6 nitrogen and oxygen atoms in total. The van der Waals surface area contributed by atoms with Gasteiger partial charge in [0.2, 0.25) is 11.8 Å². The average molecular weight is 316 g/mol. The average Bonchev–Trinajstić information content (AvgIpc) is 2.94. The van der Waals surface area contributed by atoms with Crippen molar-refractivity contribution in [2.45, 2.75) is 31.2 Å². The van der Waals surface area contributed by atoms with Crippen LogP contribution in [-0.4, -0.2) is 48.4 Å². The summed E-state index contributed by atoms with van der Waals surface area (Å²) in [6.45, 7) is 6.10. The Balaban J connectivity index is 1.94. The van der Waals surface area contributed by atoms with Crippen LogP contribution < -0.4 is 16.4 Å². The SMILES string of the molecule is CC(C)(N)CN1CCC2(C1)C(=O)N(CC(N)=O)c1ccccc12. The van der Waals surface area contributed by atoms with E-state index in [1.165, 1.54) is 4.90 Å². The second-order valence-electron chi connectivity index (χ2n) is 7.41. The maximum Gasteiger partial charge on any atom is 0.239 e. The maximum absolute atomic E-state index is 13.1. The van der Waals surface area contributed by atoms with Crippen molar-refractivity contribution in [2.75, 3.05) is 31.1 Å². The number of amides is 2. The molecule has 0 bridgehead atoms. The molecule has 124 valence electrons. The Morgan fingerprint density at radius 3 is 2.70 bits per heavy atom. The molecule has 3 rings (SSSR count). The van der Waals surface area contributed by atoms with Crippen molar-refractivity contribution in [2.24, 2.45) is 11.5 Å². The zero-order chi connectivity index (χ0) is 16.8. The first-order valence-corrected chi connectivity index (χ1v) is 7.94. The van der Waals surface area contributed by atoms with Gasteiger partial charge in [-0.3, -0.25) is 9.59 Å². The number of anilines is 1. The number of carbonyl (C=O) groups excluding carboxylic acids is 2. The first kappa shape index (κ1) is 16.0. The van der Waals surface area contributed by atoms with E-state index in [0.29, 0.717) is 6.54 Å². The van der Waals surface area contributed by atoms with E-state index in [4.69, 9.17) is 11.5 Å². The molecule has 1 unspecified atom stereocenters. The molecule has 2 aliphatic rings. The number of carbonyl (C=O) groups is 2. The van der Waals surface area contributed by atoms with Crippen molar-refractivity contribution in [3.05, 3.63) is 29.8 Å². The third-order valence-electron chi connectivity index (χ3n) is 4.66. The fourth-order valence-corrected chi connectivity index (χ4v) is 3.90. The molecule has 2 amide bonds. The highest BCUT2D eigenvalue weighted by Crippen LogP contribution is 2.47. The molecule has 0 aromatic heterocycles. The first-order chi connectivity index (χ1) is 10.7. The Kier molecular flexibility index (Phi) is 3.69. The molecule has 1 spiro atoms. The molecule has 23 heavy (non-hydrogen) atoms. The van der Waals surface area contributed by atoms with Gasteiger partial charge in [0.05, 0.1) is 5.41 Å². The molecule has 1 fully saturated rings. The number of fused-ring (bicyclic) bond motifs is 2. The molecular formula is C17H24N4O2. The van der Waals surface area contributed by atoms with Crippen molar-refractivity contribution >= 4 is 17.5 Å². The molecular weight excluding hydrogens is 292 g/mol. The molecule has 2 aliphatic heterocycles. The van der Waals surface area contributed by atoms with Crippen molar-refractivity contribution in [3.8, 4) is 0 Å². The number of nitrogens with two attached hydrogens (primary N) is 2. The van der Waals surface area contributed by atoms with Crippen molar-refractivity contribution in [1.82, 2.24) is 4.90 Å². The van der Waals surface area contributed by atoms with E-state index in [1.807, 2.05) is 38.1 Å². The Morgan fingerprint density at radius 1 is 1.35 bits per heavy atom. The molecule has 1 atom stereocenters. The lowest BCUT2D eigenvalue weighted by atomic mass is 9.81. The lowest BCUT2D eigenvalue weighted by molar-refractivity contribution is -0.125. The van der Waals surface area contributed by atoms with Crippen molar-refractivity contribution < 1.29 is 9.59 Å². The quantitative estimate of drug-likeness (QED) is 0.830. The number of nitrogens with zero attached hydrogens (tertiary/aromatic N) is 2. The van der Waals surface area contributed by atoms with Crippen LogP contribution in [-0.2, 0) is 15.0 Å². The van der Waals surface area contributed by atoms with E-state index in [1.54, 1.807) is 0 Å². The first-order valence-electron chi connectivity index (χ1n) is 7.94. The van der Waals surface area contributed by atoms with Gasteiger partial charge in [-0.2, -0.15) is 0 Å². The zero-order valence-corrected chi connectivity index (χ0v) is 13.7. The smallest absolute Gasteiger partial charge is 0.239 e. The zero-order valence-electron chi connectivity index (χ0n) is 13.7. The summed E-state index contributed by atoms with van der Waals surface area (Å²) >= 11 is 0. The molecule has 0 saturated carbocycles. The van der Waals surface area contributed by atoms with E-state index < -0.39 is 11.3 Å². The van der Waals surface area contributed by atoms with Crippen LogP contribution in [0.4, 0.5) is 5.69 Å². The van der Waals surface area contributed by atoms with Gasteiger partial charge in [-0.05, 0) is 38.4 Å². The van der Waals surface area contributed by atoms with Gasteiger partial charge in [-0.25, -0.2) is 0 Å². The Hall–Kier alpha value is -1.92. The normalized spacial score (nSPS) is 24.5. The fraction of sp³-hybridized carbons (Fsp3) is 0.529. The highest BCUT2D eigenvalue weighted by molar-refractivity contribution is 6.11. The Morgan fingerprint density at radius 2 is 2.04 bits per heavy atom. The van der Waals surface area contributed by atoms with Crippen LogP contribution in [0.2, 0.25) is 0 Å². The van der Waals surface area contributed by atoms with Gasteiger partial charge in [0, 0.05) is 24.3 Å². The molecule has 1 aromatic carbocycles. The van der Waals surface area contributed by atoms with Crippen LogP contribution in [0.5, 0.6) is 0 Å². The molecule has 1 saturated heterocycles. The van der Waals surface area contributed by atoms with Gasteiger partial charge in [0.1, 0.15) is 6.54 Å². The summed E-state index contributed by atoms with van der Waals surface area (Å²) in [6.07, 6.45) is 0.744. The van der Waals surface area contributed by atoms with E-state index in [2.05, 4.69) is 4.90 Å². The highest BCUT2D eigenvalue weighted by Gasteiger charge is 2.54. The van der Waals surface area contributed by atoms with Gasteiger partial charge in [0.25, 0.3) is 0 Å². The van der Waals surface area contributed by atoms with Crippen LogP contribution >= 0.6 is 0 Å². The number of hydrogen-bond acceptors (Lipinski definition) is 4. The minimum Gasteiger partial charge on any atom is -0.368 e. The predicted octanol–water partition coefficient (Wildman–Crippen LogP) is 0.199. The number of para-hydroxylation sites is 1. The van der Waals surface area contributed by atoms with Gasteiger partial charge in [-0.15, -0.1) is 0 Å². The third-order valence-corrected chi connectivity index (χ3v) is 4.66. The van der Waals surface area contributed by atoms with Crippen LogP contribution in [0.15, 0.2) is 24.3 Å².